The van der Waals surface area contributed by atoms with E-state index in [-0.39, 0.29) is 24.6 Å². The SMILES string of the molecule is NC(CCC(=O)NC(CS)C(=O)NCC(=O)O)C(=O)O.NC(N)=NCCC[C@H](N)C(=O)O. The van der Waals surface area contributed by atoms with Crippen LogP contribution >= 0.6 is 12.6 Å². The van der Waals surface area contributed by atoms with Gasteiger partial charge in [0.2, 0.25) is 11.8 Å². The molecule has 0 aromatic carbocycles. The van der Waals surface area contributed by atoms with Gasteiger partial charge in [-0.15, -0.1) is 0 Å². The molecule has 0 fully saturated rings. The Kier molecular flexibility index (Phi) is 17.1. The Bertz CT molecular complexity index is 673. The van der Waals surface area contributed by atoms with Crippen LogP contribution in [0, 0.1) is 0 Å². The molecule has 0 aliphatic carbocycles. The average Bonchev–Trinajstić information content (AvgIpc) is 2.71. The number of aliphatic carboxylic acids is 3. The van der Waals surface area contributed by atoms with Crippen LogP contribution in [0.2, 0.25) is 0 Å². The quantitative estimate of drug-likeness (QED) is 0.0495. The second-order valence-corrected chi connectivity index (χ2v) is 6.66. The first-order valence-corrected chi connectivity index (χ1v) is 9.86. The first-order valence-electron chi connectivity index (χ1n) is 9.23. The topological polar surface area (TPSA) is 287 Å². The lowest BCUT2D eigenvalue weighted by atomic mass is 10.1. The van der Waals surface area contributed by atoms with Crippen molar-refractivity contribution in [3.63, 3.8) is 0 Å². The molecule has 2 unspecified atom stereocenters. The second kappa shape index (κ2) is 17.6. The summed E-state index contributed by atoms with van der Waals surface area (Å²) in [6, 6.07) is -2.97. The minimum atomic E-state index is -1.22. The number of nitrogens with one attached hydrogen (secondary N) is 2. The van der Waals surface area contributed by atoms with Crippen molar-refractivity contribution >= 4 is 48.3 Å². The van der Waals surface area contributed by atoms with Crippen LogP contribution in [-0.2, 0) is 24.0 Å². The van der Waals surface area contributed by atoms with Crippen LogP contribution in [0.5, 0.6) is 0 Å². The summed E-state index contributed by atoms with van der Waals surface area (Å²) in [7, 11) is 0. The summed E-state index contributed by atoms with van der Waals surface area (Å²) in [5, 5.41) is 29.7. The van der Waals surface area contributed by atoms with E-state index in [1.807, 2.05) is 0 Å². The van der Waals surface area contributed by atoms with Crippen molar-refractivity contribution in [1.29, 1.82) is 0 Å². The van der Waals surface area contributed by atoms with Crippen molar-refractivity contribution in [2.24, 2.45) is 27.9 Å². The highest BCUT2D eigenvalue weighted by Gasteiger charge is 2.21. The number of thiol groups is 1. The molecule has 2 amide bonds. The Morgan fingerprint density at radius 2 is 1.47 bits per heavy atom. The minimum Gasteiger partial charge on any atom is -0.480 e. The van der Waals surface area contributed by atoms with E-state index in [1.54, 1.807) is 0 Å². The van der Waals surface area contributed by atoms with E-state index in [2.05, 4.69) is 28.3 Å². The van der Waals surface area contributed by atoms with E-state index in [0.717, 1.165) is 0 Å². The first-order chi connectivity index (χ1) is 14.8. The third-order valence-electron chi connectivity index (χ3n) is 3.53. The maximum absolute atomic E-state index is 11.5. The Morgan fingerprint density at radius 1 is 0.938 bits per heavy atom. The number of aliphatic imine (C=N–C) groups is 1. The molecule has 15 nitrogen and oxygen atoms in total. The van der Waals surface area contributed by atoms with Gasteiger partial charge in [0.25, 0.3) is 0 Å². The molecule has 184 valence electrons. The van der Waals surface area contributed by atoms with Crippen molar-refractivity contribution in [1.82, 2.24) is 10.6 Å². The third kappa shape index (κ3) is 17.7. The molecule has 0 saturated heterocycles. The highest BCUT2D eigenvalue weighted by Crippen LogP contribution is 1.97. The highest BCUT2D eigenvalue weighted by molar-refractivity contribution is 7.80. The smallest absolute Gasteiger partial charge is 0.322 e. The largest absolute Gasteiger partial charge is 0.480 e. The summed E-state index contributed by atoms with van der Waals surface area (Å²) in [5.41, 5.74) is 20.6. The molecule has 3 atom stereocenters. The van der Waals surface area contributed by atoms with Gasteiger partial charge in [-0.1, -0.05) is 0 Å². The zero-order valence-corrected chi connectivity index (χ0v) is 18.2. The van der Waals surface area contributed by atoms with Gasteiger partial charge in [0.05, 0.1) is 0 Å². The van der Waals surface area contributed by atoms with E-state index in [9.17, 15) is 24.0 Å². The molecule has 0 aliphatic heterocycles. The Hall–Kier alpha value is -3.11. The molecule has 32 heavy (non-hydrogen) atoms. The van der Waals surface area contributed by atoms with E-state index in [4.69, 9.17) is 38.3 Å². The molecule has 0 aromatic heterocycles. The van der Waals surface area contributed by atoms with Gasteiger partial charge in [0.15, 0.2) is 5.96 Å². The lowest BCUT2D eigenvalue weighted by Crippen LogP contribution is -2.49. The average molecular weight is 482 g/mol. The van der Waals surface area contributed by atoms with Crippen molar-refractivity contribution in [3.8, 4) is 0 Å². The summed E-state index contributed by atoms with van der Waals surface area (Å²) in [6.07, 6.45) is 0.721. The molecular formula is C16H31N7O8S. The van der Waals surface area contributed by atoms with Gasteiger partial charge in [0, 0.05) is 18.7 Å². The summed E-state index contributed by atoms with van der Waals surface area (Å²) in [6.45, 7) is -0.147. The molecule has 0 bridgehead atoms. The fourth-order valence-electron chi connectivity index (χ4n) is 1.80. The zero-order valence-electron chi connectivity index (χ0n) is 17.3. The van der Waals surface area contributed by atoms with Crippen LogP contribution in [0.1, 0.15) is 25.7 Å². The molecule has 0 radical (unpaired) electrons. The third-order valence-corrected chi connectivity index (χ3v) is 3.90. The molecular weight excluding hydrogens is 450 g/mol. The first kappa shape index (κ1) is 31.1. The lowest BCUT2D eigenvalue weighted by Gasteiger charge is -2.16. The number of rotatable bonds is 14. The van der Waals surface area contributed by atoms with Crippen LogP contribution in [0.3, 0.4) is 0 Å². The van der Waals surface area contributed by atoms with Crippen LogP contribution in [0.4, 0.5) is 0 Å². The van der Waals surface area contributed by atoms with E-state index in [0.29, 0.717) is 19.4 Å². The van der Waals surface area contributed by atoms with Crippen molar-refractivity contribution in [2.75, 3.05) is 18.8 Å². The number of hydrogen-bond acceptors (Lipinski definition) is 9. The number of amides is 2. The second-order valence-electron chi connectivity index (χ2n) is 6.29. The maximum Gasteiger partial charge on any atom is 0.322 e. The summed E-state index contributed by atoms with van der Waals surface area (Å²) < 4.78 is 0. The van der Waals surface area contributed by atoms with E-state index >= 15 is 0 Å². The number of carbonyl (C=O) groups excluding carboxylic acids is 2. The summed E-state index contributed by atoms with van der Waals surface area (Å²) in [4.78, 5) is 57.6. The number of carboxylic acid groups (broad SMARTS) is 3. The van der Waals surface area contributed by atoms with Crippen molar-refractivity contribution in [3.05, 3.63) is 0 Å². The van der Waals surface area contributed by atoms with Gasteiger partial charge in [-0.2, -0.15) is 12.6 Å². The Morgan fingerprint density at radius 3 is 1.91 bits per heavy atom. The Balaban J connectivity index is 0. The fraction of sp³-hybridized carbons (Fsp3) is 0.625. The van der Waals surface area contributed by atoms with Crippen molar-refractivity contribution < 1.29 is 39.3 Å². The lowest BCUT2D eigenvalue weighted by molar-refractivity contribution is -0.139. The summed E-state index contributed by atoms with van der Waals surface area (Å²) in [5.74, 6) is -4.69. The highest BCUT2D eigenvalue weighted by atomic mass is 32.1. The number of carboxylic acids is 3. The number of hydrogen-bond donors (Lipinski definition) is 10. The number of nitrogens with two attached hydrogens (primary N) is 4. The van der Waals surface area contributed by atoms with Crippen LogP contribution in [0.25, 0.3) is 0 Å². The monoisotopic (exact) mass is 481 g/mol. The van der Waals surface area contributed by atoms with Gasteiger partial charge in [-0.3, -0.25) is 29.0 Å². The summed E-state index contributed by atoms with van der Waals surface area (Å²) >= 11 is 3.87. The predicted octanol–water partition coefficient (Wildman–Crippen LogP) is -3.75. The van der Waals surface area contributed by atoms with Gasteiger partial charge >= 0.3 is 17.9 Å². The van der Waals surface area contributed by atoms with Crippen LogP contribution in [0.15, 0.2) is 4.99 Å². The van der Waals surface area contributed by atoms with E-state index < -0.39 is 54.4 Å². The molecule has 0 saturated carbocycles. The van der Waals surface area contributed by atoms with Crippen molar-refractivity contribution in [2.45, 2.75) is 43.8 Å². The van der Waals surface area contributed by atoms with Gasteiger partial charge < -0.3 is 48.9 Å². The minimum absolute atomic E-state index is 0.0129. The van der Waals surface area contributed by atoms with Gasteiger partial charge in [-0.25, -0.2) is 0 Å². The normalized spacial score (nSPS) is 12.7. The molecule has 16 heteroatoms. The van der Waals surface area contributed by atoms with E-state index in [1.165, 1.54) is 0 Å². The molecule has 0 spiro atoms. The van der Waals surface area contributed by atoms with Gasteiger partial charge in [0.1, 0.15) is 24.7 Å². The molecule has 0 heterocycles. The van der Waals surface area contributed by atoms with Crippen LogP contribution in [-0.4, -0.2) is 88.0 Å². The molecule has 0 rings (SSSR count). The Labute approximate surface area is 189 Å². The molecule has 0 aromatic rings. The number of carbonyl (C=O) groups is 5. The number of nitrogens with zero attached hydrogens (tertiary/aromatic N) is 1. The fourth-order valence-corrected chi connectivity index (χ4v) is 2.06. The molecule has 0 aliphatic rings. The maximum atomic E-state index is 11.5. The van der Waals surface area contributed by atoms with Gasteiger partial charge in [-0.05, 0) is 19.3 Å². The standard InChI is InChI=1S/C10H17N3O6S.C6H14N4O2/c11-5(10(18)19)1-2-7(14)13-6(4-20)9(17)12-3-8(15)16;7-4(5(11)12)2-1-3-10-6(8)9/h5-6,20H,1-4,11H2,(H,12,17)(H,13,14)(H,15,16)(H,18,19);4H,1-3,7H2,(H,11,12)(H4,8,9,10)/t;4-/m.0/s1. The molecule has 13 N–H and O–H groups in total. The zero-order chi connectivity index (χ0) is 25.3. The van der Waals surface area contributed by atoms with Crippen LogP contribution < -0.4 is 33.6 Å². The number of guanidine groups is 1. The predicted molar refractivity (Wildman–Crippen MR) is 117 cm³/mol.